The van der Waals surface area contributed by atoms with Crippen LogP contribution in [0.3, 0.4) is 0 Å². The summed E-state index contributed by atoms with van der Waals surface area (Å²) in [5.74, 6) is -2.91. The molecule has 0 radical (unpaired) electrons. The molecule has 1 unspecified atom stereocenters. The van der Waals surface area contributed by atoms with Gasteiger partial charge in [0.15, 0.2) is 0 Å². The Morgan fingerprint density at radius 3 is 2.43 bits per heavy atom. The van der Waals surface area contributed by atoms with E-state index in [4.69, 9.17) is 5.11 Å². The molecule has 1 amide bonds. The summed E-state index contributed by atoms with van der Waals surface area (Å²) in [4.78, 5) is 22.5. The minimum absolute atomic E-state index is 0.186. The number of benzene rings is 1. The first-order valence-electron chi connectivity index (χ1n) is 5.66. The third kappa shape index (κ3) is 5.67. The van der Waals surface area contributed by atoms with Crippen molar-refractivity contribution >= 4 is 11.9 Å². The summed E-state index contributed by atoms with van der Waals surface area (Å²) in [7, 11) is 0. The Hall–Kier alpha value is -2.32. The highest BCUT2D eigenvalue weighted by molar-refractivity contribution is 5.96. The minimum atomic E-state index is -3.09. The van der Waals surface area contributed by atoms with E-state index in [1.165, 1.54) is 12.1 Å². The van der Waals surface area contributed by atoms with Gasteiger partial charge in [0.25, 0.3) is 5.91 Å². The van der Waals surface area contributed by atoms with E-state index in [1.54, 1.807) is 0 Å². The third-order valence-electron chi connectivity index (χ3n) is 2.34. The van der Waals surface area contributed by atoms with E-state index < -0.39 is 37.4 Å². The second-order valence-electron chi connectivity index (χ2n) is 3.90. The van der Waals surface area contributed by atoms with Crippen LogP contribution in [-0.2, 0) is 4.79 Å². The summed E-state index contributed by atoms with van der Waals surface area (Å²) in [6.45, 7) is -3.09. The van der Waals surface area contributed by atoms with Gasteiger partial charge in [-0.25, -0.2) is 13.6 Å². The molecule has 0 aromatic heterocycles. The van der Waals surface area contributed by atoms with Crippen molar-refractivity contribution in [3.8, 4) is 5.75 Å². The van der Waals surface area contributed by atoms with Crippen LogP contribution in [-0.4, -0.2) is 36.1 Å². The Morgan fingerprint density at radius 1 is 1.24 bits per heavy atom. The Bertz CT molecular complexity index is 510. The summed E-state index contributed by atoms with van der Waals surface area (Å²) in [5, 5.41) is 10.6. The van der Waals surface area contributed by atoms with Gasteiger partial charge in [-0.2, -0.15) is 8.78 Å². The summed E-state index contributed by atoms with van der Waals surface area (Å²) in [6.07, 6.45) is -3.98. The van der Waals surface area contributed by atoms with Gasteiger partial charge in [-0.05, 0) is 18.2 Å². The van der Waals surface area contributed by atoms with Gasteiger partial charge in [0, 0.05) is 12.0 Å². The number of halogens is 4. The summed E-state index contributed by atoms with van der Waals surface area (Å²) in [6, 6.07) is 2.77. The van der Waals surface area contributed by atoms with Crippen LogP contribution in [0.4, 0.5) is 17.6 Å². The quantitative estimate of drug-likeness (QED) is 0.757. The average Bonchev–Trinajstić information content (AvgIpc) is 2.36. The van der Waals surface area contributed by atoms with Crippen molar-refractivity contribution < 1.29 is 37.0 Å². The predicted molar refractivity (Wildman–Crippen MR) is 62.6 cm³/mol. The number of nitrogens with one attached hydrogen (secondary N) is 1. The van der Waals surface area contributed by atoms with Crippen LogP contribution in [0.2, 0.25) is 0 Å². The zero-order valence-electron chi connectivity index (χ0n) is 10.4. The lowest BCUT2D eigenvalue weighted by Gasteiger charge is -2.14. The number of rotatable bonds is 7. The topological polar surface area (TPSA) is 75.6 Å². The van der Waals surface area contributed by atoms with Crippen molar-refractivity contribution in [1.29, 1.82) is 0 Å². The van der Waals surface area contributed by atoms with Gasteiger partial charge in [0.2, 0.25) is 6.43 Å². The summed E-state index contributed by atoms with van der Waals surface area (Å²) in [5.41, 5.74) is -0.186. The molecule has 116 valence electrons. The van der Waals surface area contributed by atoms with E-state index in [2.05, 4.69) is 4.74 Å². The lowest BCUT2D eigenvalue weighted by Crippen LogP contribution is -2.42. The molecule has 0 aliphatic rings. The SMILES string of the molecule is O=C(NC(CC(F)F)C(=O)O)c1cccc(OC(F)F)c1. The molecule has 0 aliphatic heterocycles. The standard InChI is InChI=1S/C12H11F4NO4/c13-9(14)5-8(11(19)20)17-10(18)6-2-1-3-7(4-6)21-12(15)16/h1-4,8-9,12H,5H2,(H,17,18)(H,19,20). The first-order chi connectivity index (χ1) is 9.79. The molecule has 2 N–H and O–H groups in total. The number of carboxylic acid groups (broad SMARTS) is 1. The maximum absolute atomic E-state index is 12.2. The highest BCUT2D eigenvalue weighted by Crippen LogP contribution is 2.16. The van der Waals surface area contributed by atoms with Gasteiger partial charge < -0.3 is 15.2 Å². The minimum Gasteiger partial charge on any atom is -0.480 e. The van der Waals surface area contributed by atoms with Crippen molar-refractivity contribution in [2.45, 2.75) is 25.5 Å². The first kappa shape index (κ1) is 16.7. The fourth-order valence-corrected chi connectivity index (χ4v) is 1.45. The van der Waals surface area contributed by atoms with Gasteiger partial charge in [0.05, 0.1) is 0 Å². The van der Waals surface area contributed by atoms with E-state index in [-0.39, 0.29) is 11.3 Å². The normalized spacial score (nSPS) is 12.3. The second kappa shape index (κ2) is 7.46. The van der Waals surface area contributed by atoms with E-state index in [1.807, 2.05) is 5.32 Å². The Labute approximate surface area is 116 Å². The number of amides is 1. The van der Waals surface area contributed by atoms with Crippen LogP contribution in [0.5, 0.6) is 5.75 Å². The number of carbonyl (C=O) groups excluding carboxylic acids is 1. The molecule has 1 rings (SSSR count). The number of carboxylic acids is 1. The van der Waals surface area contributed by atoms with E-state index in [9.17, 15) is 27.2 Å². The molecule has 0 bridgehead atoms. The largest absolute Gasteiger partial charge is 0.480 e. The van der Waals surface area contributed by atoms with Gasteiger partial charge in [0.1, 0.15) is 11.8 Å². The number of alkyl halides is 4. The highest BCUT2D eigenvalue weighted by atomic mass is 19.3. The average molecular weight is 309 g/mol. The van der Waals surface area contributed by atoms with Crippen molar-refractivity contribution in [2.75, 3.05) is 0 Å². The number of carbonyl (C=O) groups is 2. The fourth-order valence-electron chi connectivity index (χ4n) is 1.45. The van der Waals surface area contributed by atoms with Crippen molar-refractivity contribution in [3.63, 3.8) is 0 Å². The summed E-state index contributed by atoms with van der Waals surface area (Å²) >= 11 is 0. The summed E-state index contributed by atoms with van der Waals surface area (Å²) < 4.78 is 52.5. The van der Waals surface area contributed by atoms with E-state index in [0.29, 0.717) is 0 Å². The van der Waals surface area contributed by atoms with Crippen LogP contribution in [0, 0.1) is 0 Å². The van der Waals surface area contributed by atoms with Crippen molar-refractivity contribution in [2.24, 2.45) is 0 Å². The fraction of sp³-hybridized carbons (Fsp3) is 0.333. The molecule has 1 atom stereocenters. The van der Waals surface area contributed by atoms with Crippen LogP contribution < -0.4 is 10.1 Å². The molecule has 1 aromatic rings. The zero-order valence-corrected chi connectivity index (χ0v) is 10.4. The molecule has 0 saturated carbocycles. The lowest BCUT2D eigenvalue weighted by atomic mass is 10.1. The first-order valence-corrected chi connectivity index (χ1v) is 5.66. The molecule has 0 heterocycles. The van der Waals surface area contributed by atoms with Crippen LogP contribution >= 0.6 is 0 Å². The van der Waals surface area contributed by atoms with Gasteiger partial charge in [-0.3, -0.25) is 4.79 Å². The molecule has 21 heavy (non-hydrogen) atoms. The Kier molecular flexibility index (Phi) is 5.94. The van der Waals surface area contributed by atoms with Crippen molar-refractivity contribution in [3.05, 3.63) is 29.8 Å². The lowest BCUT2D eigenvalue weighted by molar-refractivity contribution is -0.140. The number of aliphatic carboxylic acids is 1. The number of hydrogen-bond donors (Lipinski definition) is 2. The number of ether oxygens (including phenoxy) is 1. The Balaban J connectivity index is 2.80. The highest BCUT2D eigenvalue weighted by Gasteiger charge is 2.24. The van der Waals surface area contributed by atoms with Crippen LogP contribution in [0.1, 0.15) is 16.8 Å². The molecule has 1 aromatic carbocycles. The zero-order chi connectivity index (χ0) is 16.0. The molecular weight excluding hydrogens is 298 g/mol. The Morgan fingerprint density at radius 2 is 1.90 bits per heavy atom. The molecule has 0 saturated heterocycles. The molecule has 9 heteroatoms. The molecule has 0 aliphatic carbocycles. The van der Waals surface area contributed by atoms with E-state index in [0.717, 1.165) is 12.1 Å². The van der Waals surface area contributed by atoms with Crippen molar-refractivity contribution in [1.82, 2.24) is 5.32 Å². The van der Waals surface area contributed by atoms with Crippen LogP contribution in [0.25, 0.3) is 0 Å². The van der Waals surface area contributed by atoms with Crippen LogP contribution in [0.15, 0.2) is 24.3 Å². The third-order valence-corrected chi connectivity index (χ3v) is 2.34. The molecule has 0 spiro atoms. The smallest absolute Gasteiger partial charge is 0.387 e. The monoisotopic (exact) mass is 309 g/mol. The van der Waals surface area contributed by atoms with Gasteiger partial charge >= 0.3 is 12.6 Å². The van der Waals surface area contributed by atoms with Gasteiger partial charge in [-0.1, -0.05) is 6.07 Å². The van der Waals surface area contributed by atoms with Gasteiger partial charge in [-0.15, -0.1) is 0 Å². The molecule has 0 fully saturated rings. The maximum atomic E-state index is 12.2. The predicted octanol–water partition coefficient (Wildman–Crippen LogP) is 2.13. The maximum Gasteiger partial charge on any atom is 0.387 e. The second-order valence-corrected chi connectivity index (χ2v) is 3.90. The van der Waals surface area contributed by atoms with E-state index >= 15 is 0 Å². The molecular formula is C12H11F4NO4. The number of hydrogen-bond acceptors (Lipinski definition) is 3. The molecule has 5 nitrogen and oxygen atoms in total.